The van der Waals surface area contributed by atoms with E-state index in [1.165, 1.54) is 10.3 Å². The normalized spacial score (nSPS) is 10.8. The molecule has 0 spiro atoms. The number of hydrogen-bond donors (Lipinski definition) is 1. The molecule has 3 aromatic rings. The molecule has 0 aliphatic heterocycles. The molecule has 0 radical (unpaired) electrons. The Kier molecular flexibility index (Phi) is 4.41. The third-order valence-corrected chi connectivity index (χ3v) is 4.66. The Morgan fingerprint density at radius 3 is 3.00 bits per heavy atom. The van der Waals surface area contributed by atoms with E-state index in [9.17, 15) is 0 Å². The highest BCUT2D eigenvalue weighted by Crippen LogP contribution is 2.28. The van der Waals surface area contributed by atoms with E-state index in [0.29, 0.717) is 0 Å². The molecule has 0 unspecified atom stereocenters. The van der Waals surface area contributed by atoms with Gasteiger partial charge in [0.05, 0.1) is 17.3 Å². The highest BCUT2D eigenvalue weighted by molar-refractivity contribution is 9.10. The molecule has 21 heavy (non-hydrogen) atoms. The monoisotopic (exact) mass is 362 g/mol. The molecule has 0 fully saturated rings. The average Bonchev–Trinajstić information content (AvgIpc) is 2.89. The molecule has 5 heteroatoms. The highest BCUT2D eigenvalue weighted by Gasteiger charge is 2.04. The summed E-state index contributed by atoms with van der Waals surface area (Å²) in [7, 11) is 1.69. The maximum absolute atomic E-state index is 5.24. The maximum Gasteiger partial charge on any atom is 0.183 e. The topological polar surface area (TPSA) is 34.1 Å². The van der Waals surface area contributed by atoms with Gasteiger partial charge in [0.2, 0.25) is 0 Å². The fourth-order valence-corrected chi connectivity index (χ4v) is 3.34. The fourth-order valence-electron chi connectivity index (χ4n) is 2.12. The fraction of sp³-hybridized carbons (Fsp3) is 0.188. The van der Waals surface area contributed by atoms with Crippen molar-refractivity contribution in [1.82, 2.24) is 4.98 Å². The number of halogens is 1. The zero-order valence-electron chi connectivity index (χ0n) is 11.6. The molecule has 0 saturated heterocycles. The van der Waals surface area contributed by atoms with Gasteiger partial charge in [0.15, 0.2) is 5.13 Å². The van der Waals surface area contributed by atoms with Gasteiger partial charge in [0, 0.05) is 11.0 Å². The van der Waals surface area contributed by atoms with Crippen LogP contribution in [-0.4, -0.2) is 18.6 Å². The largest absolute Gasteiger partial charge is 0.497 e. The van der Waals surface area contributed by atoms with E-state index in [4.69, 9.17) is 4.74 Å². The lowest BCUT2D eigenvalue weighted by atomic mass is 10.1. The molecule has 0 aliphatic carbocycles. The Hall–Kier alpha value is -1.59. The Labute approximate surface area is 136 Å². The first-order valence-electron chi connectivity index (χ1n) is 6.67. The molecule has 2 aromatic carbocycles. The summed E-state index contributed by atoms with van der Waals surface area (Å²) in [6, 6.07) is 14.3. The lowest BCUT2D eigenvalue weighted by molar-refractivity contribution is 0.414. The molecule has 0 saturated carbocycles. The molecule has 3 nitrogen and oxygen atoms in total. The van der Waals surface area contributed by atoms with Crippen LogP contribution in [0, 0.1) is 0 Å². The van der Waals surface area contributed by atoms with Crippen LogP contribution in [0.15, 0.2) is 46.9 Å². The second-order valence-corrected chi connectivity index (χ2v) is 6.61. The van der Waals surface area contributed by atoms with E-state index in [1.807, 2.05) is 24.3 Å². The molecular formula is C16H15BrN2OS. The second kappa shape index (κ2) is 6.45. The summed E-state index contributed by atoms with van der Waals surface area (Å²) in [5.74, 6) is 0.900. The smallest absolute Gasteiger partial charge is 0.183 e. The number of ether oxygens (including phenoxy) is 1. The molecular weight excluding hydrogens is 348 g/mol. The number of nitrogens with one attached hydrogen (secondary N) is 1. The van der Waals surface area contributed by atoms with Gasteiger partial charge >= 0.3 is 0 Å². The summed E-state index contributed by atoms with van der Waals surface area (Å²) in [6.07, 6.45) is 0.941. The molecule has 0 atom stereocenters. The quantitative estimate of drug-likeness (QED) is 0.712. The Balaban J connectivity index is 1.63. The van der Waals surface area contributed by atoms with Crippen molar-refractivity contribution in [2.45, 2.75) is 6.42 Å². The number of methoxy groups -OCH3 is 1. The van der Waals surface area contributed by atoms with Crippen molar-refractivity contribution in [2.24, 2.45) is 0 Å². The number of anilines is 1. The van der Waals surface area contributed by atoms with Crippen molar-refractivity contribution in [3.63, 3.8) is 0 Å². The van der Waals surface area contributed by atoms with Crippen molar-refractivity contribution in [3.8, 4) is 5.75 Å². The second-order valence-electron chi connectivity index (χ2n) is 4.66. The predicted molar refractivity (Wildman–Crippen MR) is 92.5 cm³/mol. The van der Waals surface area contributed by atoms with E-state index >= 15 is 0 Å². The van der Waals surface area contributed by atoms with Gasteiger partial charge in [-0.3, -0.25) is 0 Å². The third-order valence-electron chi connectivity index (χ3n) is 3.17. The number of hydrogen-bond acceptors (Lipinski definition) is 4. The number of nitrogens with zero attached hydrogens (tertiary/aromatic N) is 1. The summed E-state index contributed by atoms with van der Waals surface area (Å²) < 4.78 is 7.49. The molecule has 1 aromatic heterocycles. The van der Waals surface area contributed by atoms with E-state index in [-0.39, 0.29) is 0 Å². The van der Waals surface area contributed by atoms with Crippen LogP contribution in [-0.2, 0) is 6.42 Å². The third kappa shape index (κ3) is 3.54. The van der Waals surface area contributed by atoms with Crippen LogP contribution in [0.4, 0.5) is 5.13 Å². The summed E-state index contributed by atoms with van der Waals surface area (Å²) in [6.45, 7) is 0.855. The van der Waals surface area contributed by atoms with Crippen molar-refractivity contribution in [1.29, 1.82) is 0 Å². The first-order valence-corrected chi connectivity index (χ1v) is 8.28. The van der Waals surface area contributed by atoms with Gasteiger partial charge in [-0.2, -0.15) is 0 Å². The standard InChI is InChI=1S/C16H15BrN2OS/c1-20-13-4-2-3-11(9-13)7-8-18-16-19-14-10-12(17)5-6-15(14)21-16/h2-6,9-10H,7-8H2,1H3,(H,18,19). The van der Waals surface area contributed by atoms with Gasteiger partial charge in [-0.05, 0) is 42.3 Å². The SMILES string of the molecule is COc1cccc(CCNc2nc3cc(Br)ccc3s2)c1. The van der Waals surface area contributed by atoms with Crippen LogP contribution in [0.1, 0.15) is 5.56 Å². The zero-order valence-corrected chi connectivity index (χ0v) is 14.0. The van der Waals surface area contributed by atoms with Crippen molar-refractivity contribution < 1.29 is 4.74 Å². The number of fused-ring (bicyclic) bond motifs is 1. The number of thiazole rings is 1. The highest BCUT2D eigenvalue weighted by atomic mass is 79.9. The molecule has 0 amide bonds. The predicted octanol–water partition coefficient (Wildman–Crippen LogP) is 4.72. The van der Waals surface area contributed by atoms with Crippen molar-refractivity contribution >= 4 is 42.6 Å². The Bertz CT molecular complexity index is 757. The van der Waals surface area contributed by atoms with Gasteiger partial charge in [-0.1, -0.05) is 39.4 Å². The minimum absolute atomic E-state index is 0.855. The summed E-state index contributed by atoms with van der Waals surface area (Å²) in [5.41, 5.74) is 2.28. The minimum Gasteiger partial charge on any atom is -0.497 e. The van der Waals surface area contributed by atoms with Crippen LogP contribution in [0.25, 0.3) is 10.2 Å². The van der Waals surface area contributed by atoms with Gasteiger partial charge in [0.1, 0.15) is 5.75 Å². The van der Waals surface area contributed by atoms with Gasteiger partial charge in [-0.25, -0.2) is 4.98 Å². The average molecular weight is 363 g/mol. The van der Waals surface area contributed by atoms with E-state index in [0.717, 1.165) is 33.8 Å². The van der Waals surface area contributed by atoms with Gasteiger partial charge in [0.25, 0.3) is 0 Å². The van der Waals surface area contributed by atoms with Crippen molar-refractivity contribution in [3.05, 3.63) is 52.5 Å². The van der Waals surface area contributed by atoms with E-state index in [2.05, 4.69) is 44.4 Å². The molecule has 0 aliphatic rings. The first-order chi connectivity index (χ1) is 10.2. The summed E-state index contributed by atoms with van der Waals surface area (Å²) in [4.78, 5) is 4.59. The van der Waals surface area contributed by atoms with Gasteiger partial charge < -0.3 is 10.1 Å². The van der Waals surface area contributed by atoms with Crippen LogP contribution in [0.3, 0.4) is 0 Å². The van der Waals surface area contributed by atoms with Crippen molar-refractivity contribution in [2.75, 3.05) is 19.0 Å². The van der Waals surface area contributed by atoms with Crippen LogP contribution < -0.4 is 10.1 Å². The lowest BCUT2D eigenvalue weighted by Crippen LogP contribution is -2.04. The number of aromatic nitrogens is 1. The summed E-state index contributed by atoms with van der Waals surface area (Å²) in [5, 5.41) is 4.35. The number of benzene rings is 2. The van der Waals surface area contributed by atoms with Crippen LogP contribution >= 0.6 is 27.3 Å². The first kappa shape index (κ1) is 14.4. The molecule has 1 heterocycles. The van der Waals surface area contributed by atoms with Crippen LogP contribution in [0.5, 0.6) is 5.75 Å². The molecule has 0 bridgehead atoms. The van der Waals surface area contributed by atoms with E-state index in [1.54, 1.807) is 18.4 Å². The van der Waals surface area contributed by atoms with Crippen LogP contribution in [0.2, 0.25) is 0 Å². The molecule has 1 N–H and O–H groups in total. The maximum atomic E-state index is 5.24. The summed E-state index contributed by atoms with van der Waals surface area (Å²) >= 11 is 5.15. The zero-order chi connectivity index (χ0) is 14.7. The lowest BCUT2D eigenvalue weighted by Gasteiger charge is -2.05. The molecule has 108 valence electrons. The Morgan fingerprint density at radius 2 is 2.14 bits per heavy atom. The minimum atomic E-state index is 0.855. The molecule has 3 rings (SSSR count). The van der Waals surface area contributed by atoms with E-state index < -0.39 is 0 Å². The van der Waals surface area contributed by atoms with Gasteiger partial charge in [-0.15, -0.1) is 0 Å². The Morgan fingerprint density at radius 1 is 1.24 bits per heavy atom. The number of rotatable bonds is 5.